The molecule has 1 N–H and O–H groups in total. The average molecular weight is 420 g/mol. The van der Waals surface area contributed by atoms with E-state index in [1.807, 2.05) is 6.92 Å². The first-order chi connectivity index (χ1) is 14.1. The SMILES string of the molecule is C[C@@H]1CN(c2ccc(C#N)c(C(F)(F)F)c2)[C@@H](C)CN1C(=O)Nc1ccc(F)cc1. The van der Waals surface area contributed by atoms with Crippen LogP contribution in [-0.2, 0) is 6.18 Å². The van der Waals surface area contributed by atoms with Crippen molar-refractivity contribution >= 4 is 17.4 Å². The van der Waals surface area contributed by atoms with Crippen molar-refractivity contribution in [2.75, 3.05) is 23.3 Å². The van der Waals surface area contributed by atoms with Crippen molar-refractivity contribution < 1.29 is 22.4 Å². The van der Waals surface area contributed by atoms with Crippen molar-refractivity contribution in [3.05, 3.63) is 59.4 Å². The van der Waals surface area contributed by atoms with Crippen LogP contribution in [0.1, 0.15) is 25.0 Å². The summed E-state index contributed by atoms with van der Waals surface area (Å²) in [4.78, 5) is 16.0. The Morgan fingerprint density at radius 2 is 1.77 bits per heavy atom. The number of carbonyl (C=O) groups is 1. The van der Waals surface area contributed by atoms with Crippen LogP contribution >= 0.6 is 0 Å². The summed E-state index contributed by atoms with van der Waals surface area (Å²) in [5, 5.41) is 11.7. The largest absolute Gasteiger partial charge is 0.417 e. The van der Waals surface area contributed by atoms with Crippen molar-refractivity contribution in [3.63, 3.8) is 0 Å². The van der Waals surface area contributed by atoms with Crippen LogP contribution in [-0.4, -0.2) is 36.1 Å². The van der Waals surface area contributed by atoms with Gasteiger partial charge in [-0.2, -0.15) is 18.4 Å². The number of hydrogen-bond donors (Lipinski definition) is 1. The highest BCUT2D eigenvalue weighted by Crippen LogP contribution is 2.35. The van der Waals surface area contributed by atoms with E-state index in [4.69, 9.17) is 5.26 Å². The Hall–Kier alpha value is -3.28. The summed E-state index contributed by atoms with van der Waals surface area (Å²) in [6.07, 6.45) is -4.63. The van der Waals surface area contributed by atoms with E-state index in [-0.39, 0.29) is 24.7 Å². The van der Waals surface area contributed by atoms with E-state index in [0.717, 1.165) is 6.07 Å². The number of piperazine rings is 1. The third-order valence-corrected chi connectivity index (χ3v) is 5.10. The average Bonchev–Trinajstić information content (AvgIpc) is 2.70. The molecule has 0 spiro atoms. The molecular weight excluding hydrogens is 400 g/mol. The lowest BCUT2D eigenvalue weighted by molar-refractivity contribution is -0.137. The number of halogens is 4. The smallest absolute Gasteiger partial charge is 0.365 e. The van der Waals surface area contributed by atoms with Gasteiger partial charge in [0.15, 0.2) is 0 Å². The molecule has 2 aromatic carbocycles. The molecule has 0 bridgehead atoms. The van der Waals surface area contributed by atoms with E-state index >= 15 is 0 Å². The van der Waals surface area contributed by atoms with Crippen molar-refractivity contribution in [2.45, 2.75) is 32.1 Å². The quantitative estimate of drug-likeness (QED) is 0.707. The minimum Gasteiger partial charge on any atom is -0.365 e. The molecule has 2 atom stereocenters. The van der Waals surface area contributed by atoms with Gasteiger partial charge in [-0.05, 0) is 56.3 Å². The summed E-state index contributed by atoms with van der Waals surface area (Å²) in [6, 6.07) is 9.70. The van der Waals surface area contributed by atoms with Crippen LogP contribution < -0.4 is 10.2 Å². The van der Waals surface area contributed by atoms with Crippen LogP contribution in [0.3, 0.4) is 0 Å². The molecular formula is C21H20F4N4O. The van der Waals surface area contributed by atoms with Gasteiger partial charge in [0.1, 0.15) is 5.82 Å². The number of carbonyl (C=O) groups excluding carboxylic acids is 1. The Morgan fingerprint density at radius 1 is 1.10 bits per heavy atom. The zero-order valence-corrected chi connectivity index (χ0v) is 16.4. The fourth-order valence-corrected chi connectivity index (χ4v) is 3.54. The van der Waals surface area contributed by atoms with E-state index in [2.05, 4.69) is 5.32 Å². The van der Waals surface area contributed by atoms with Crippen LogP contribution in [0.25, 0.3) is 0 Å². The monoisotopic (exact) mass is 420 g/mol. The van der Waals surface area contributed by atoms with Crippen molar-refractivity contribution in [2.24, 2.45) is 0 Å². The Bertz CT molecular complexity index is 968. The zero-order valence-electron chi connectivity index (χ0n) is 16.4. The molecule has 0 aromatic heterocycles. The summed E-state index contributed by atoms with van der Waals surface area (Å²) in [6.45, 7) is 4.23. The minimum absolute atomic E-state index is 0.255. The number of urea groups is 1. The molecule has 1 fully saturated rings. The molecule has 2 amide bonds. The van der Waals surface area contributed by atoms with E-state index in [1.165, 1.54) is 36.4 Å². The standard InChI is InChI=1S/C21H20F4N4O/c1-13-12-29(20(30)27-17-6-4-16(22)5-7-17)14(2)11-28(13)18-8-3-15(10-26)19(9-18)21(23,24)25/h3-9,13-14H,11-12H2,1-2H3,(H,27,30)/t13-,14+/m0/s1. The maximum absolute atomic E-state index is 13.3. The summed E-state index contributed by atoms with van der Waals surface area (Å²) in [5.74, 6) is -0.413. The highest BCUT2D eigenvalue weighted by Gasteiger charge is 2.36. The van der Waals surface area contributed by atoms with Gasteiger partial charge >= 0.3 is 12.2 Å². The second-order valence-corrected chi connectivity index (χ2v) is 7.28. The van der Waals surface area contributed by atoms with Crippen molar-refractivity contribution in [1.29, 1.82) is 5.26 Å². The molecule has 30 heavy (non-hydrogen) atoms. The predicted octanol–water partition coefficient (Wildman–Crippen LogP) is 4.85. The van der Waals surface area contributed by atoms with E-state index in [1.54, 1.807) is 22.8 Å². The Balaban J connectivity index is 1.77. The highest BCUT2D eigenvalue weighted by molar-refractivity contribution is 5.89. The lowest BCUT2D eigenvalue weighted by atomic mass is 10.0. The topological polar surface area (TPSA) is 59.4 Å². The Labute approximate surface area is 171 Å². The summed E-state index contributed by atoms with van der Waals surface area (Å²) >= 11 is 0. The van der Waals surface area contributed by atoms with Crippen LogP contribution in [0.4, 0.5) is 33.7 Å². The number of benzene rings is 2. The van der Waals surface area contributed by atoms with Gasteiger partial charge in [-0.3, -0.25) is 0 Å². The van der Waals surface area contributed by atoms with Gasteiger partial charge in [0.25, 0.3) is 0 Å². The van der Waals surface area contributed by atoms with Gasteiger partial charge in [0, 0.05) is 36.5 Å². The molecule has 3 rings (SSSR count). The first-order valence-corrected chi connectivity index (χ1v) is 9.31. The predicted molar refractivity (Wildman–Crippen MR) is 105 cm³/mol. The zero-order chi connectivity index (χ0) is 22.1. The minimum atomic E-state index is -4.63. The molecule has 5 nitrogen and oxygen atoms in total. The van der Waals surface area contributed by atoms with Crippen LogP contribution in [0.5, 0.6) is 0 Å². The Kier molecular flexibility index (Phi) is 5.87. The third-order valence-electron chi connectivity index (χ3n) is 5.10. The number of anilines is 2. The lowest BCUT2D eigenvalue weighted by Crippen LogP contribution is -2.59. The van der Waals surface area contributed by atoms with Gasteiger partial charge in [0.2, 0.25) is 0 Å². The van der Waals surface area contributed by atoms with Gasteiger partial charge < -0.3 is 15.1 Å². The van der Waals surface area contributed by atoms with Gasteiger partial charge in [-0.15, -0.1) is 0 Å². The van der Waals surface area contributed by atoms with Crippen molar-refractivity contribution in [1.82, 2.24) is 4.90 Å². The highest BCUT2D eigenvalue weighted by atomic mass is 19.4. The fraction of sp³-hybridized carbons (Fsp3) is 0.333. The third kappa shape index (κ3) is 4.48. The Morgan fingerprint density at radius 3 is 2.37 bits per heavy atom. The molecule has 158 valence electrons. The summed E-state index contributed by atoms with van der Waals surface area (Å²) < 4.78 is 52.9. The number of nitrogens with one attached hydrogen (secondary N) is 1. The second kappa shape index (κ2) is 8.22. The summed E-state index contributed by atoms with van der Waals surface area (Å²) in [7, 11) is 0. The van der Waals surface area contributed by atoms with E-state index in [9.17, 15) is 22.4 Å². The maximum Gasteiger partial charge on any atom is 0.417 e. The molecule has 0 unspecified atom stereocenters. The molecule has 0 aliphatic carbocycles. The molecule has 0 saturated carbocycles. The fourth-order valence-electron chi connectivity index (χ4n) is 3.54. The van der Waals surface area contributed by atoms with Crippen LogP contribution in [0, 0.1) is 17.1 Å². The molecule has 1 aliphatic heterocycles. The molecule has 1 saturated heterocycles. The van der Waals surface area contributed by atoms with Crippen LogP contribution in [0.2, 0.25) is 0 Å². The molecule has 9 heteroatoms. The first-order valence-electron chi connectivity index (χ1n) is 9.31. The molecule has 1 heterocycles. The normalized spacial score (nSPS) is 19.4. The maximum atomic E-state index is 13.3. The number of nitriles is 1. The number of alkyl halides is 3. The van der Waals surface area contributed by atoms with E-state index < -0.39 is 23.1 Å². The number of amides is 2. The van der Waals surface area contributed by atoms with E-state index in [0.29, 0.717) is 17.9 Å². The number of rotatable bonds is 2. The molecule has 2 aromatic rings. The summed E-state index contributed by atoms with van der Waals surface area (Å²) in [5.41, 5.74) is -0.604. The van der Waals surface area contributed by atoms with Gasteiger partial charge in [-0.1, -0.05) is 0 Å². The van der Waals surface area contributed by atoms with Crippen LogP contribution in [0.15, 0.2) is 42.5 Å². The molecule has 0 radical (unpaired) electrons. The number of nitrogens with zero attached hydrogens (tertiary/aromatic N) is 3. The van der Waals surface area contributed by atoms with Crippen molar-refractivity contribution in [3.8, 4) is 6.07 Å². The molecule has 1 aliphatic rings. The first kappa shape index (κ1) is 21.4. The number of hydrogen-bond acceptors (Lipinski definition) is 3. The van der Waals surface area contributed by atoms with Gasteiger partial charge in [-0.25, -0.2) is 9.18 Å². The lowest BCUT2D eigenvalue weighted by Gasteiger charge is -2.45. The second-order valence-electron chi connectivity index (χ2n) is 7.28. The van der Waals surface area contributed by atoms with Gasteiger partial charge in [0.05, 0.1) is 17.2 Å².